The number of aromatic nitrogens is 2. The molecular formula is C19H19N3O. The highest BCUT2D eigenvalue weighted by atomic mass is 16.5. The molecule has 4 nitrogen and oxygen atoms in total. The van der Waals surface area contributed by atoms with Gasteiger partial charge in [-0.3, -0.25) is 9.88 Å². The number of pyridine rings is 1. The maximum Gasteiger partial charge on any atom is 0.161 e. The highest BCUT2D eigenvalue weighted by molar-refractivity contribution is 5.85. The van der Waals surface area contributed by atoms with Crippen LogP contribution in [0.2, 0.25) is 0 Å². The molecule has 1 N–H and O–H groups in total. The van der Waals surface area contributed by atoms with Crippen LogP contribution in [-0.4, -0.2) is 28.0 Å². The van der Waals surface area contributed by atoms with Crippen LogP contribution in [0.5, 0.6) is 0 Å². The molecule has 2 atom stereocenters. The SMILES string of the molecule is C[C@@]12O[C@@H](c3cccnc3)CN1CCc1c2[nH]c2ccccc12. The zero-order valence-corrected chi connectivity index (χ0v) is 13.1. The molecule has 0 bridgehead atoms. The number of nitrogens with zero attached hydrogens (tertiary/aromatic N) is 2. The summed E-state index contributed by atoms with van der Waals surface area (Å²) in [7, 11) is 0. The van der Waals surface area contributed by atoms with Gasteiger partial charge in [0.25, 0.3) is 0 Å². The van der Waals surface area contributed by atoms with Gasteiger partial charge in [0, 0.05) is 41.9 Å². The quantitative estimate of drug-likeness (QED) is 0.749. The van der Waals surface area contributed by atoms with Crippen molar-refractivity contribution in [3.63, 3.8) is 0 Å². The summed E-state index contributed by atoms with van der Waals surface area (Å²) in [6.45, 7) is 4.13. The Balaban J connectivity index is 1.61. The number of ether oxygens (including phenoxy) is 1. The lowest BCUT2D eigenvalue weighted by atomic mass is 9.96. The van der Waals surface area contributed by atoms with E-state index in [4.69, 9.17) is 4.74 Å². The van der Waals surface area contributed by atoms with Gasteiger partial charge >= 0.3 is 0 Å². The highest BCUT2D eigenvalue weighted by Gasteiger charge is 2.49. The molecule has 2 aromatic heterocycles. The second-order valence-corrected chi connectivity index (χ2v) is 6.60. The van der Waals surface area contributed by atoms with Crippen molar-refractivity contribution in [2.75, 3.05) is 13.1 Å². The predicted molar refractivity (Wildman–Crippen MR) is 89.0 cm³/mol. The summed E-state index contributed by atoms with van der Waals surface area (Å²) in [5.74, 6) is 0. The fourth-order valence-corrected chi connectivity index (χ4v) is 4.13. The Hall–Kier alpha value is -2.17. The number of para-hydroxylation sites is 1. The molecule has 0 saturated carbocycles. The third kappa shape index (κ3) is 1.82. The van der Waals surface area contributed by atoms with Crippen LogP contribution in [-0.2, 0) is 16.9 Å². The Morgan fingerprint density at radius 3 is 3.04 bits per heavy atom. The van der Waals surface area contributed by atoms with Gasteiger partial charge in [0.15, 0.2) is 5.72 Å². The molecule has 2 aliphatic heterocycles. The van der Waals surface area contributed by atoms with E-state index in [9.17, 15) is 0 Å². The van der Waals surface area contributed by atoms with Gasteiger partial charge < -0.3 is 9.72 Å². The molecule has 5 rings (SSSR count). The summed E-state index contributed by atoms with van der Waals surface area (Å²) >= 11 is 0. The van der Waals surface area contributed by atoms with Gasteiger partial charge in [-0.05, 0) is 31.0 Å². The van der Waals surface area contributed by atoms with Crippen molar-refractivity contribution >= 4 is 10.9 Å². The maximum absolute atomic E-state index is 6.55. The Morgan fingerprint density at radius 2 is 2.17 bits per heavy atom. The molecule has 0 spiro atoms. The first-order chi connectivity index (χ1) is 11.3. The Kier molecular flexibility index (Phi) is 2.69. The molecule has 1 aromatic carbocycles. The van der Waals surface area contributed by atoms with E-state index in [1.54, 1.807) is 0 Å². The molecule has 116 valence electrons. The van der Waals surface area contributed by atoms with Crippen molar-refractivity contribution in [2.45, 2.75) is 25.2 Å². The number of hydrogen-bond acceptors (Lipinski definition) is 3. The number of H-pyrrole nitrogens is 1. The molecule has 23 heavy (non-hydrogen) atoms. The first-order valence-corrected chi connectivity index (χ1v) is 8.18. The van der Waals surface area contributed by atoms with E-state index in [1.165, 1.54) is 22.2 Å². The van der Waals surface area contributed by atoms with Gasteiger partial charge in [0.1, 0.15) is 0 Å². The van der Waals surface area contributed by atoms with E-state index in [2.05, 4.69) is 52.1 Å². The van der Waals surface area contributed by atoms with Crippen molar-refractivity contribution in [1.29, 1.82) is 0 Å². The average Bonchev–Trinajstić information content (AvgIpc) is 3.14. The molecule has 0 unspecified atom stereocenters. The number of hydrogen-bond donors (Lipinski definition) is 1. The summed E-state index contributed by atoms with van der Waals surface area (Å²) in [6.07, 6.45) is 4.87. The van der Waals surface area contributed by atoms with Gasteiger partial charge in [0.05, 0.1) is 11.8 Å². The average molecular weight is 305 g/mol. The van der Waals surface area contributed by atoms with Crippen LogP contribution in [0.15, 0.2) is 48.8 Å². The van der Waals surface area contributed by atoms with Gasteiger partial charge in [-0.1, -0.05) is 24.3 Å². The van der Waals surface area contributed by atoms with E-state index in [1.807, 2.05) is 18.5 Å². The smallest absolute Gasteiger partial charge is 0.161 e. The van der Waals surface area contributed by atoms with E-state index < -0.39 is 0 Å². The largest absolute Gasteiger partial charge is 0.355 e. The number of aromatic amines is 1. The number of rotatable bonds is 1. The zero-order valence-electron chi connectivity index (χ0n) is 13.1. The van der Waals surface area contributed by atoms with E-state index in [0.717, 1.165) is 25.1 Å². The maximum atomic E-state index is 6.55. The first kappa shape index (κ1) is 13.3. The summed E-state index contributed by atoms with van der Waals surface area (Å²) in [4.78, 5) is 10.3. The minimum atomic E-state index is -0.382. The van der Waals surface area contributed by atoms with E-state index >= 15 is 0 Å². The fraction of sp³-hybridized carbons (Fsp3) is 0.316. The molecule has 0 amide bonds. The molecule has 4 heteroatoms. The fourth-order valence-electron chi connectivity index (χ4n) is 4.13. The van der Waals surface area contributed by atoms with Gasteiger partial charge in [-0.2, -0.15) is 0 Å². The molecule has 4 heterocycles. The van der Waals surface area contributed by atoms with E-state index in [0.29, 0.717) is 0 Å². The second kappa shape index (κ2) is 4.66. The lowest BCUT2D eigenvalue weighted by Gasteiger charge is -2.37. The molecule has 0 aliphatic carbocycles. The van der Waals surface area contributed by atoms with Crippen LogP contribution in [0.1, 0.15) is 29.8 Å². The zero-order chi connectivity index (χ0) is 15.4. The Labute approximate surface area is 135 Å². The molecule has 2 aliphatic rings. The standard InChI is InChI=1S/C19H19N3O/c1-19-18-15(14-6-2-3-7-16(14)21-18)8-10-22(19)12-17(23-19)13-5-4-9-20-11-13/h2-7,9,11,17,21H,8,10,12H2,1H3/t17-,19+/m1/s1. The highest BCUT2D eigenvalue weighted by Crippen LogP contribution is 2.47. The Bertz CT molecular complexity index is 873. The van der Waals surface area contributed by atoms with Crippen molar-refractivity contribution in [3.8, 4) is 0 Å². The monoisotopic (exact) mass is 305 g/mol. The summed E-state index contributed by atoms with van der Waals surface area (Å²) in [5, 5.41) is 1.33. The molecule has 0 radical (unpaired) electrons. The molecule has 3 aromatic rings. The molecular weight excluding hydrogens is 286 g/mol. The third-order valence-corrected chi connectivity index (χ3v) is 5.33. The topological polar surface area (TPSA) is 41.1 Å². The minimum Gasteiger partial charge on any atom is -0.355 e. The van der Waals surface area contributed by atoms with Gasteiger partial charge in [0.2, 0.25) is 0 Å². The van der Waals surface area contributed by atoms with E-state index in [-0.39, 0.29) is 11.8 Å². The van der Waals surface area contributed by atoms with Crippen LogP contribution in [0, 0.1) is 0 Å². The van der Waals surface area contributed by atoms with Crippen LogP contribution >= 0.6 is 0 Å². The number of fused-ring (bicyclic) bond motifs is 5. The van der Waals surface area contributed by atoms with Crippen LogP contribution < -0.4 is 0 Å². The Morgan fingerprint density at radius 1 is 1.26 bits per heavy atom. The first-order valence-electron chi connectivity index (χ1n) is 8.18. The van der Waals surface area contributed by atoms with Crippen molar-refractivity contribution < 1.29 is 4.74 Å². The third-order valence-electron chi connectivity index (χ3n) is 5.33. The summed E-state index contributed by atoms with van der Waals surface area (Å²) in [6, 6.07) is 12.6. The number of benzene rings is 1. The van der Waals surface area contributed by atoms with Crippen LogP contribution in [0.3, 0.4) is 0 Å². The van der Waals surface area contributed by atoms with Gasteiger partial charge in [-0.15, -0.1) is 0 Å². The predicted octanol–water partition coefficient (Wildman–Crippen LogP) is 3.37. The summed E-state index contributed by atoms with van der Waals surface area (Å²) in [5.41, 5.74) is 4.60. The number of nitrogens with one attached hydrogen (secondary N) is 1. The summed E-state index contributed by atoms with van der Waals surface area (Å²) < 4.78 is 6.55. The minimum absolute atomic E-state index is 0.0751. The van der Waals surface area contributed by atoms with Crippen molar-refractivity contribution in [1.82, 2.24) is 14.9 Å². The molecule has 1 fully saturated rings. The lowest BCUT2D eigenvalue weighted by molar-refractivity contribution is -0.106. The second-order valence-electron chi connectivity index (χ2n) is 6.60. The van der Waals surface area contributed by atoms with Crippen molar-refractivity contribution in [2.24, 2.45) is 0 Å². The van der Waals surface area contributed by atoms with Crippen LogP contribution in [0.4, 0.5) is 0 Å². The lowest BCUT2D eigenvalue weighted by Crippen LogP contribution is -2.44. The van der Waals surface area contributed by atoms with Gasteiger partial charge in [-0.25, -0.2) is 0 Å². The molecule has 1 saturated heterocycles. The van der Waals surface area contributed by atoms with Crippen LogP contribution in [0.25, 0.3) is 10.9 Å². The normalized spacial score (nSPS) is 27.1. The van der Waals surface area contributed by atoms with Crippen molar-refractivity contribution in [3.05, 3.63) is 65.6 Å².